The predicted molar refractivity (Wildman–Crippen MR) is 91.8 cm³/mol. The molecule has 136 valence electrons. The Morgan fingerprint density at radius 1 is 1.27 bits per heavy atom. The van der Waals surface area contributed by atoms with E-state index in [1.807, 2.05) is 0 Å². The fraction of sp³-hybridized carbons (Fsp3) is 0.188. The van der Waals surface area contributed by atoms with Gasteiger partial charge < -0.3 is 5.32 Å². The Morgan fingerprint density at radius 2 is 2.00 bits per heavy atom. The summed E-state index contributed by atoms with van der Waals surface area (Å²) in [6.45, 7) is 0. The number of hydrogen-bond acceptors (Lipinski definition) is 4. The van der Waals surface area contributed by atoms with Gasteiger partial charge in [0.15, 0.2) is 10.8 Å². The lowest BCUT2D eigenvalue weighted by Crippen LogP contribution is -2.14. The van der Waals surface area contributed by atoms with E-state index in [2.05, 4.69) is 20.4 Å². The van der Waals surface area contributed by atoms with Gasteiger partial charge in [-0.1, -0.05) is 23.5 Å². The van der Waals surface area contributed by atoms with Crippen molar-refractivity contribution in [2.45, 2.75) is 6.18 Å². The van der Waals surface area contributed by atoms with Gasteiger partial charge >= 0.3 is 6.18 Å². The molecule has 0 saturated heterocycles. The number of nitrogens with one attached hydrogen (secondary N) is 1. The van der Waals surface area contributed by atoms with Crippen molar-refractivity contribution in [2.75, 3.05) is 12.4 Å². The smallest absolute Gasteiger partial charge is 0.316 e. The van der Waals surface area contributed by atoms with Crippen molar-refractivity contribution in [3.63, 3.8) is 0 Å². The molecule has 0 spiro atoms. The number of nitrogens with zero attached hydrogens (tertiary/aromatic N) is 4. The van der Waals surface area contributed by atoms with E-state index in [1.165, 1.54) is 26.4 Å². The number of aryl methyl sites for hydroxylation is 1. The molecule has 26 heavy (non-hydrogen) atoms. The molecule has 2 heterocycles. The minimum atomic E-state index is -4.52. The third kappa shape index (κ3) is 3.59. The van der Waals surface area contributed by atoms with Crippen LogP contribution in [-0.4, -0.2) is 27.6 Å². The zero-order valence-corrected chi connectivity index (χ0v) is 14.5. The van der Waals surface area contributed by atoms with Crippen LogP contribution in [-0.2, 0) is 13.2 Å². The highest BCUT2D eigenvalue weighted by molar-refractivity contribution is 7.19. The minimum absolute atomic E-state index is 0.269. The molecule has 0 fully saturated rings. The van der Waals surface area contributed by atoms with E-state index < -0.39 is 17.7 Å². The second kappa shape index (κ2) is 6.87. The largest absolute Gasteiger partial charge is 0.435 e. The van der Waals surface area contributed by atoms with E-state index in [0.29, 0.717) is 10.0 Å². The Labute approximate surface area is 150 Å². The molecule has 1 aromatic carbocycles. The quantitative estimate of drug-likeness (QED) is 0.419. The second-order valence-electron chi connectivity index (χ2n) is 5.24. The first-order valence-corrected chi connectivity index (χ1v) is 8.17. The summed E-state index contributed by atoms with van der Waals surface area (Å²) in [7, 11) is 2.93. The van der Waals surface area contributed by atoms with Gasteiger partial charge in [0.25, 0.3) is 0 Å². The topological polar surface area (TPSA) is 55.1 Å². The summed E-state index contributed by atoms with van der Waals surface area (Å²) in [5.41, 5.74) is -0.421. The van der Waals surface area contributed by atoms with Crippen LogP contribution in [0.15, 0.2) is 41.5 Å². The molecule has 0 aliphatic heterocycles. The van der Waals surface area contributed by atoms with Gasteiger partial charge in [-0.25, -0.2) is 9.37 Å². The maximum absolute atomic E-state index is 13.9. The SMILES string of the molecule is CN=C(Nc1ncc(-c2cc(C(F)(F)F)nn2C)s1)c1ccccc1F. The first-order valence-electron chi connectivity index (χ1n) is 7.35. The van der Waals surface area contributed by atoms with Crippen molar-refractivity contribution in [1.82, 2.24) is 14.8 Å². The Kier molecular flexibility index (Phi) is 4.77. The molecule has 1 N–H and O–H groups in total. The van der Waals surface area contributed by atoms with E-state index >= 15 is 0 Å². The molecule has 0 atom stereocenters. The molecule has 3 rings (SSSR count). The van der Waals surface area contributed by atoms with Crippen LogP contribution in [0.2, 0.25) is 0 Å². The van der Waals surface area contributed by atoms with Crippen LogP contribution in [0.5, 0.6) is 0 Å². The predicted octanol–water partition coefficient (Wildman–Crippen LogP) is 4.19. The molecule has 0 amide bonds. The van der Waals surface area contributed by atoms with Crippen LogP contribution >= 0.6 is 11.3 Å². The lowest BCUT2D eigenvalue weighted by molar-refractivity contribution is -0.141. The molecule has 0 aliphatic carbocycles. The molecule has 10 heteroatoms. The van der Waals surface area contributed by atoms with Crippen molar-refractivity contribution in [3.8, 4) is 10.6 Å². The standard InChI is InChI=1S/C16H13F4N5S/c1-21-14(9-5-3-4-6-10(9)17)23-15-22-8-12(26-15)11-7-13(16(18,19)20)24-25(11)2/h3-8H,1-2H3,(H,21,22,23). The average molecular weight is 383 g/mol. The highest BCUT2D eigenvalue weighted by atomic mass is 32.1. The summed E-state index contributed by atoms with van der Waals surface area (Å²) in [4.78, 5) is 8.63. The van der Waals surface area contributed by atoms with Gasteiger partial charge in [0.05, 0.1) is 16.1 Å². The molecular formula is C16H13F4N5S. The molecule has 0 aliphatic rings. The number of thiazole rings is 1. The third-order valence-electron chi connectivity index (χ3n) is 3.51. The van der Waals surface area contributed by atoms with Crippen LogP contribution < -0.4 is 5.32 Å². The van der Waals surface area contributed by atoms with Crippen LogP contribution in [0.1, 0.15) is 11.3 Å². The minimum Gasteiger partial charge on any atom is -0.316 e. The van der Waals surface area contributed by atoms with E-state index in [1.54, 1.807) is 18.2 Å². The van der Waals surface area contributed by atoms with Crippen molar-refractivity contribution in [1.29, 1.82) is 0 Å². The van der Waals surface area contributed by atoms with Crippen LogP contribution in [0, 0.1) is 5.82 Å². The van der Waals surface area contributed by atoms with Crippen LogP contribution in [0.25, 0.3) is 10.6 Å². The number of aromatic nitrogens is 3. The Morgan fingerprint density at radius 3 is 2.62 bits per heavy atom. The lowest BCUT2D eigenvalue weighted by Gasteiger charge is -2.07. The zero-order chi connectivity index (χ0) is 18.9. The maximum atomic E-state index is 13.9. The summed E-state index contributed by atoms with van der Waals surface area (Å²) >= 11 is 1.11. The highest BCUT2D eigenvalue weighted by Gasteiger charge is 2.34. The summed E-state index contributed by atoms with van der Waals surface area (Å²) in [6.07, 6.45) is -3.09. The molecular weight excluding hydrogens is 370 g/mol. The number of anilines is 1. The Balaban J connectivity index is 1.87. The van der Waals surface area contributed by atoms with E-state index in [9.17, 15) is 17.6 Å². The second-order valence-corrected chi connectivity index (χ2v) is 6.27. The van der Waals surface area contributed by atoms with Gasteiger partial charge in [-0.3, -0.25) is 9.67 Å². The Bertz CT molecular complexity index is 958. The number of benzene rings is 1. The third-order valence-corrected chi connectivity index (χ3v) is 4.44. The first kappa shape index (κ1) is 18.1. The summed E-state index contributed by atoms with van der Waals surface area (Å²) < 4.78 is 53.4. The van der Waals surface area contributed by atoms with Crippen LogP contribution in [0.4, 0.5) is 22.7 Å². The molecule has 0 saturated carbocycles. The average Bonchev–Trinajstić information content (AvgIpc) is 3.19. The number of amidine groups is 1. The Hall–Kier alpha value is -2.75. The number of halogens is 4. The van der Waals surface area contributed by atoms with Gasteiger partial charge in [-0.05, 0) is 18.2 Å². The lowest BCUT2D eigenvalue weighted by atomic mass is 10.2. The normalized spacial score (nSPS) is 12.5. The monoisotopic (exact) mass is 383 g/mol. The van der Waals surface area contributed by atoms with Gasteiger partial charge in [-0.15, -0.1) is 0 Å². The van der Waals surface area contributed by atoms with Crippen molar-refractivity contribution in [2.24, 2.45) is 12.0 Å². The fourth-order valence-corrected chi connectivity index (χ4v) is 3.15. The van der Waals surface area contributed by atoms with Gasteiger partial charge in [0.2, 0.25) is 0 Å². The molecule has 5 nitrogen and oxygen atoms in total. The maximum Gasteiger partial charge on any atom is 0.435 e. The fourth-order valence-electron chi connectivity index (χ4n) is 2.28. The number of hydrogen-bond donors (Lipinski definition) is 1. The summed E-state index contributed by atoms with van der Waals surface area (Å²) in [6, 6.07) is 7.07. The summed E-state index contributed by atoms with van der Waals surface area (Å²) in [5, 5.41) is 6.75. The van der Waals surface area contributed by atoms with Crippen molar-refractivity contribution >= 4 is 22.3 Å². The summed E-state index contributed by atoms with van der Waals surface area (Å²) in [5.74, 6) is -0.177. The van der Waals surface area contributed by atoms with E-state index in [-0.39, 0.29) is 17.1 Å². The van der Waals surface area contributed by atoms with Gasteiger partial charge in [-0.2, -0.15) is 18.3 Å². The van der Waals surface area contributed by atoms with E-state index in [0.717, 1.165) is 22.1 Å². The zero-order valence-electron chi connectivity index (χ0n) is 13.7. The molecule has 2 aromatic heterocycles. The number of alkyl halides is 3. The van der Waals surface area contributed by atoms with Gasteiger partial charge in [0, 0.05) is 20.3 Å². The molecule has 0 unspecified atom stereocenters. The first-order chi connectivity index (χ1) is 12.3. The number of rotatable bonds is 3. The van der Waals surface area contributed by atoms with Crippen LogP contribution in [0.3, 0.4) is 0 Å². The van der Waals surface area contributed by atoms with Gasteiger partial charge in [0.1, 0.15) is 11.7 Å². The molecule has 0 radical (unpaired) electrons. The van der Waals surface area contributed by atoms with Crippen molar-refractivity contribution < 1.29 is 17.6 Å². The highest BCUT2D eigenvalue weighted by Crippen LogP contribution is 2.34. The van der Waals surface area contributed by atoms with E-state index in [4.69, 9.17) is 0 Å². The number of aliphatic imine (C=N–C) groups is 1. The molecule has 3 aromatic rings. The van der Waals surface area contributed by atoms with Crippen molar-refractivity contribution in [3.05, 3.63) is 53.6 Å². The molecule has 0 bridgehead atoms.